The summed E-state index contributed by atoms with van der Waals surface area (Å²) in [6.45, 7) is 2.57. The normalized spacial score (nSPS) is 17.9. The summed E-state index contributed by atoms with van der Waals surface area (Å²) in [4.78, 5) is 27.4. The molecular weight excluding hydrogens is 402 g/mol. The number of amides is 1. The Balaban J connectivity index is 1.41. The van der Waals surface area contributed by atoms with Gasteiger partial charge in [-0.15, -0.1) is 0 Å². The Kier molecular flexibility index (Phi) is 5.23. The molecule has 2 aliphatic heterocycles. The van der Waals surface area contributed by atoms with Crippen LogP contribution in [0.5, 0.6) is 5.75 Å². The molecule has 0 bridgehead atoms. The highest BCUT2D eigenvalue weighted by atomic mass is 16.5. The lowest BCUT2D eigenvalue weighted by atomic mass is 9.84. The van der Waals surface area contributed by atoms with Gasteiger partial charge in [0, 0.05) is 18.0 Å². The minimum atomic E-state index is -0.348. The van der Waals surface area contributed by atoms with Crippen LogP contribution in [-0.2, 0) is 20.9 Å². The lowest BCUT2D eigenvalue weighted by Crippen LogP contribution is -2.37. The Hall–Kier alpha value is -3.86. The quantitative estimate of drug-likeness (QED) is 0.546. The molecule has 1 atom stereocenters. The Bertz CT molecular complexity index is 1200. The summed E-state index contributed by atoms with van der Waals surface area (Å²) in [6.07, 6.45) is 0.214. The summed E-state index contributed by atoms with van der Waals surface area (Å²) in [5.74, 6) is 0.0303. The first kappa shape index (κ1) is 20.1. The number of nitrogens with zero attached hydrogens (tertiary/aromatic N) is 1. The van der Waals surface area contributed by atoms with Crippen molar-refractivity contribution in [3.05, 3.63) is 107 Å². The number of rotatable bonds is 5. The monoisotopic (exact) mass is 425 g/mol. The van der Waals surface area contributed by atoms with Gasteiger partial charge in [0.1, 0.15) is 19.0 Å². The zero-order valence-corrected chi connectivity index (χ0v) is 17.8. The first-order chi connectivity index (χ1) is 15.6. The van der Waals surface area contributed by atoms with Crippen molar-refractivity contribution in [2.24, 2.45) is 0 Å². The van der Waals surface area contributed by atoms with Gasteiger partial charge >= 0.3 is 5.97 Å². The number of carbonyl (C=O) groups excluding carboxylic acids is 2. The van der Waals surface area contributed by atoms with Gasteiger partial charge in [-0.25, -0.2) is 4.79 Å². The number of hydrogen-bond donors (Lipinski definition) is 0. The highest BCUT2D eigenvalue weighted by Crippen LogP contribution is 2.42. The highest BCUT2D eigenvalue weighted by molar-refractivity contribution is 6.06. The largest absolute Gasteiger partial charge is 0.489 e. The summed E-state index contributed by atoms with van der Waals surface area (Å²) < 4.78 is 11.2. The Morgan fingerprint density at radius 3 is 2.50 bits per heavy atom. The summed E-state index contributed by atoms with van der Waals surface area (Å²) in [5.41, 5.74) is 5.03. The first-order valence-electron chi connectivity index (χ1n) is 10.7. The van der Waals surface area contributed by atoms with Gasteiger partial charge in [0.15, 0.2) is 0 Å². The number of hydrogen-bond acceptors (Lipinski definition) is 4. The van der Waals surface area contributed by atoms with Crippen LogP contribution in [0, 0.1) is 6.92 Å². The van der Waals surface area contributed by atoms with Gasteiger partial charge in [-0.1, -0.05) is 54.6 Å². The van der Waals surface area contributed by atoms with E-state index < -0.39 is 0 Å². The van der Waals surface area contributed by atoms with Crippen molar-refractivity contribution in [1.29, 1.82) is 0 Å². The third-order valence-electron chi connectivity index (χ3n) is 5.91. The minimum Gasteiger partial charge on any atom is -0.489 e. The van der Waals surface area contributed by atoms with Crippen molar-refractivity contribution < 1.29 is 19.1 Å². The number of cyclic esters (lactones) is 1. The smallest absolute Gasteiger partial charge is 0.336 e. The molecule has 1 unspecified atom stereocenters. The molecule has 2 heterocycles. The van der Waals surface area contributed by atoms with E-state index in [4.69, 9.17) is 9.47 Å². The van der Waals surface area contributed by atoms with Crippen molar-refractivity contribution in [2.45, 2.75) is 25.9 Å². The second-order valence-electron chi connectivity index (χ2n) is 8.10. The molecule has 0 radical (unpaired) electrons. The molecule has 0 saturated heterocycles. The molecule has 5 rings (SSSR count). The Morgan fingerprint density at radius 1 is 0.969 bits per heavy atom. The molecular formula is C27H23NO4. The van der Waals surface area contributed by atoms with Gasteiger partial charge in [0.2, 0.25) is 5.91 Å². The van der Waals surface area contributed by atoms with Crippen molar-refractivity contribution in [2.75, 3.05) is 11.5 Å². The van der Waals surface area contributed by atoms with Crippen LogP contribution in [0.2, 0.25) is 0 Å². The molecule has 0 saturated carbocycles. The predicted molar refractivity (Wildman–Crippen MR) is 121 cm³/mol. The number of benzene rings is 3. The van der Waals surface area contributed by atoms with E-state index >= 15 is 0 Å². The maximum absolute atomic E-state index is 13.2. The van der Waals surface area contributed by atoms with Gasteiger partial charge in [-0.05, 0) is 47.9 Å². The summed E-state index contributed by atoms with van der Waals surface area (Å²) in [7, 11) is 0. The Labute approximate surface area is 186 Å². The van der Waals surface area contributed by atoms with Gasteiger partial charge in [0.05, 0.1) is 11.3 Å². The minimum absolute atomic E-state index is 0.0398. The lowest BCUT2D eigenvalue weighted by Gasteiger charge is -2.32. The second kappa shape index (κ2) is 8.35. The van der Waals surface area contributed by atoms with E-state index in [1.807, 2.05) is 85.8 Å². The average molecular weight is 425 g/mol. The molecule has 1 amide bonds. The zero-order valence-electron chi connectivity index (χ0n) is 17.8. The molecule has 2 aliphatic rings. The third-order valence-corrected chi connectivity index (χ3v) is 5.91. The van der Waals surface area contributed by atoms with Crippen LogP contribution >= 0.6 is 0 Å². The van der Waals surface area contributed by atoms with Gasteiger partial charge < -0.3 is 9.47 Å². The molecule has 3 aromatic rings. The van der Waals surface area contributed by atoms with E-state index in [1.165, 1.54) is 0 Å². The van der Waals surface area contributed by atoms with Crippen LogP contribution in [0.3, 0.4) is 0 Å². The fourth-order valence-corrected chi connectivity index (χ4v) is 4.34. The predicted octanol–water partition coefficient (Wildman–Crippen LogP) is 4.91. The van der Waals surface area contributed by atoms with Crippen LogP contribution in [0.25, 0.3) is 0 Å². The van der Waals surface area contributed by atoms with Crippen LogP contribution in [-0.4, -0.2) is 18.5 Å². The number of aryl methyl sites for hydroxylation is 1. The van der Waals surface area contributed by atoms with Crippen LogP contribution < -0.4 is 9.64 Å². The zero-order chi connectivity index (χ0) is 22.1. The lowest BCUT2D eigenvalue weighted by molar-refractivity contribution is -0.136. The fraction of sp³-hybridized carbons (Fsp3) is 0.185. The summed E-state index contributed by atoms with van der Waals surface area (Å²) >= 11 is 0. The van der Waals surface area contributed by atoms with E-state index in [9.17, 15) is 9.59 Å². The molecule has 160 valence electrons. The van der Waals surface area contributed by atoms with Crippen LogP contribution in [0.15, 0.2) is 90.1 Å². The van der Waals surface area contributed by atoms with Gasteiger partial charge in [-0.2, -0.15) is 0 Å². The number of esters is 1. The maximum Gasteiger partial charge on any atom is 0.336 e. The van der Waals surface area contributed by atoms with E-state index in [-0.39, 0.29) is 30.8 Å². The molecule has 5 nitrogen and oxygen atoms in total. The SMILES string of the molecule is Cc1cccc(N2C(=O)CC(c3ccc(OCc4ccccc4)cc3)C3=C2COC3=O)c1. The summed E-state index contributed by atoms with van der Waals surface area (Å²) in [6, 6.07) is 25.3. The highest BCUT2D eigenvalue weighted by Gasteiger charge is 2.42. The first-order valence-corrected chi connectivity index (χ1v) is 10.7. The van der Waals surface area contributed by atoms with Crippen molar-refractivity contribution >= 4 is 17.6 Å². The molecule has 0 fully saturated rings. The average Bonchev–Trinajstić information content (AvgIpc) is 3.19. The number of carbonyl (C=O) groups is 2. The topological polar surface area (TPSA) is 55.8 Å². The molecule has 0 aromatic heterocycles. The summed E-state index contributed by atoms with van der Waals surface area (Å²) in [5, 5.41) is 0. The molecule has 0 aliphatic carbocycles. The van der Waals surface area contributed by atoms with E-state index in [0.717, 1.165) is 28.1 Å². The van der Waals surface area contributed by atoms with Crippen LogP contribution in [0.1, 0.15) is 29.0 Å². The second-order valence-corrected chi connectivity index (χ2v) is 8.10. The Morgan fingerprint density at radius 2 is 1.75 bits per heavy atom. The molecule has 0 spiro atoms. The van der Waals surface area contributed by atoms with E-state index in [0.29, 0.717) is 17.9 Å². The molecule has 32 heavy (non-hydrogen) atoms. The molecule has 5 heteroatoms. The fourth-order valence-electron chi connectivity index (χ4n) is 4.34. The van der Waals surface area contributed by atoms with Crippen molar-refractivity contribution in [3.8, 4) is 5.75 Å². The van der Waals surface area contributed by atoms with Crippen molar-refractivity contribution in [3.63, 3.8) is 0 Å². The molecule has 0 N–H and O–H groups in total. The third kappa shape index (κ3) is 3.78. The standard InChI is InChI=1S/C27H23NO4/c1-18-6-5-9-21(14-18)28-24-17-32-27(30)26(24)23(15-25(28)29)20-10-12-22(13-11-20)31-16-19-7-3-2-4-8-19/h2-14,23H,15-17H2,1H3. The van der Waals surface area contributed by atoms with E-state index in [2.05, 4.69) is 0 Å². The number of ether oxygens (including phenoxy) is 2. The maximum atomic E-state index is 13.2. The van der Waals surface area contributed by atoms with E-state index in [1.54, 1.807) is 4.90 Å². The van der Waals surface area contributed by atoms with Gasteiger partial charge in [0.25, 0.3) is 0 Å². The van der Waals surface area contributed by atoms with Crippen molar-refractivity contribution in [1.82, 2.24) is 0 Å². The number of anilines is 1. The molecule has 3 aromatic carbocycles. The van der Waals surface area contributed by atoms with Gasteiger partial charge in [-0.3, -0.25) is 9.69 Å². The van der Waals surface area contributed by atoms with Crippen LogP contribution in [0.4, 0.5) is 5.69 Å².